The normalized spacial score (nSPS) is 16.7. The van der Waals surface area contributed by atoms with Gasteiger partial charge >= 0.3 is 0 Å². The number of benzene rings is 1. The van der Waals surface area contributed by atoms with Crippen molar-refractivity contribution in [2.75, 3.05) is 39.8 Å². The van der Waals surface area contributed by atoms with Crippen LogP contribution in [-0.2, 0) is 0 Å². The fourth-order valence-electron chi connectivity index (χ4n) is 2.71. The number of hydrogen-bond acceptors (Lipinski definition) is 3. The van der Waals surface area contributed by atoms with Crippen molar-refractivity contribution < 1.29 is 4.79 Å². The minimum atomic E-state index is -0.109. The predicted molar refractivity (Wildman–Crippen MR) is 91.9 cm³/mol. The SMILES string of the molecule is CNCCN1CCC(CNC(=O)c2cc(Cl)cc(Cl)c2)CC1. The van der Waals surface area contributed by atoms with Gasteiger partial charge in [-0.2, -0.15) is 0 Å². The first-order valence-corrected chi connectivity index (χ1v) is 8.45. The quantitative estimate of drug-likeness (QED) is 0.834. The Balaban J connectivity index is 1.75. The first kappa shape index (κ1) is 17.5. The molecule has 0 unspecified atom stereocenters. The number of likely N-dealkylation sites (N-methyl/N-ethyl adjacent to an activating group) is 1. The molecule has 1 aromatic rings. The summed E-state index contributed by atoms with van der Waals surface area (Å²) in [5.41, 5.74) is 0.518. The summed E-state index contributed by atoms with van der Waals surface area (Å²) in [6, 6.07) is 4.91. The fourth-order valence-corrected chi connectivity index (χ4v) is 3.23. The number of rotatable bonds is 6. The molecule has 1 aliphatic heterocycles. The maximum Gasteiger partial charge on any atom is 0.251 e. The second-order valence-electron chi connectivity index (χ2n) is 5.76. The molecule has 1 heterocycles. The standard InChI is InChI=1S/C16H23Cl2N3O/c1-19-4-7-21-5-2-12(3-6-21)11-20-16(22)13-8-14(17)10-15(18)9-13/h8-10,12,19H,2-7,11H2,1H3,(H,20,22). The summed E-state index contributed by atoms with van der Waals surface area (Å²) in [5, 5.41) is 7.13. The van der Waals surface area contributed by atoms with Gasteiger partial charge in [-0.25, -0.2) is 0 Å². The molecule has 4 nitrogen and oxygen atoms in total. The number of hydrogen-bond donors (Lipinski definition) is 2. The minimum absolute atomic E-state index is 0.109. The summed E-state index contributed by atoms with van der Waals surface area (Å²) in [6.07, 6.45) is 2.25. The molecule has 1 fully saturated rings. The van der Waals surface area contributed by atoms with Crippen molar-refractivity contribution in [3.8, 4) is 0 Å². The Morgan fingerprint density at radius 3 is 2.45 bits per heavy atom. The zero-order chi connectivity index (χ0) is 15.9. The average molecular weight is 344 g/mol. The summed E-state index contributed by atoms with van der Waals surface area (Å²) < 4.78 is 0. The summed E-state index contributed by atoms with van der Waals surface area (Å²) in [4.78, 5) is 14.6. The average Bonchev–Trinajstić information content (AvgIpc) is 2.50. The van der Waals surface area contributed by atoms with E-state index in [2.05, 4.69) is 15.5 Å². The molecule has 0 spiro atoms. The summed E-state index contributed by atoms with van der Waals surface area (Å²) in [6.45, 7) is 5.03. The van der Waals surface area contributed by atoms with Gasteiger partial charge in [0.25, 0.3) is 5.91 Å². The van der Waals surface area contributed by atoms with Crippen molar-refractivity contribution in [1.82, 2.24) is 15.5 Å². The predicted octanol–water partition coefficient (Wildman–Crippen LogP) is 2.65. The highest BCUT2D eigenvalue weighted by atomic mass is 35.5. The third-order valence-electron chi connectivity index (χ3n) is 4.06. The molecule has 0 atom stereocenters. The second-order valence-corrected chi connectivity index (χ2v) is 6.63. The highest BCUT2D eigenvalue weighted by Crippen LogP contribution is 2.20. The molecule has 122 valence electrons. The molecule has 2 N–H and O–H groups in total. The number of nitrogens with zero attached hydrogens (tertiary/aromatic N) is 1. The van der Waals surface area contributed by atoms with E-state index in [9.17, 15) is 4.79 Å². The number of nitrogens with one attached hydrogen (secondary N) is 2. The van der Waals surface area contributed by atoms with Crippen molar-refractivity contribution in [3.05, 3.63) is 33.8 Å². The van der Waals surface area contributed by atoms with Crippen LogP contribution in [0.1, 0.15) is 23.2 Å². The van der Waals surface area contributed by atoms with Crippen molar-refractivity contribution in [2.45, 2.75) is 12.8 Å². The zero-order valence-electron chi connectivity index (χ0n) is 12.9. The lowest BCUT2D eigenvalue weighted by Gasteiger charge is -2.31. The van der Waals surface area contributed by atoms with Gasteiger partial charge in [-0.3, -0.25) is 4.79 Å². The highest BCUT2D eigenvalue weighted by molar-refractivity contribution is 6.35. The third-order valence-corrected chi connectivity index (χ3v) is 4.50. The van der Waals surface area contributed by atoms with Crippen LogP contribution in [0.3, 0.4) is 0 Å². The number of piperidine rings is 1. The van der Waals surface area contributed by atoms with E-state index in [-0.39, 0.29) is 5.91 Å². The molecule has 0 radical (unpaired) electrons. The Morgan fingerprint density at radius 1 is 1.23 bits per heavy atom. The van der Waals surface area contributed by atoms with Crippen molar-refractivity contribution in [2.24, 2.45) is 5.92 Å². The van der Waals surface area contributed by atoms with Crippen LogP contribution in [0.2, 0.25) is 10.0 Å². The highest BCUT2D eigenvalue weighted by Gasteiger charge is 2.19. The first-order chi connectivity index (χ1) is 10.6. The van der Waals surface area contributed by atoms with E-state index in [1.165, 1.54) is 0 Å². The summed E-state index contributed by atoms with van der Waals surface area (Å²) in [5.74, 6) is 0.437. The van der Waals surface area contributed by atoms with Crippen LogP contribution in [0.4, 0.5) is 0 Å². The van der Waals surface area contributed by atoms with E-state index < -0.39 is 0 Å². The monoisotopic (exact) mass is 343 g/mol. The molecule has 2 rings (SSSR count). The zero-order valence-corrected chi connectivity index (χ0v) is 14.4. The van der Waals surface area contributed by atoms with E-state index in [0.717, 1.165) is 39.0 Å². The van der Waals surface area contributed by atoms with Crippen LogP contribution in [0.25, 0.3) is 0 Å². The summed E-state index contributed by atoms with van der Waals surface area (Å²) >= 11 is 11.9. The van der Waals surface area contributed by atoms with Crippen molar-refractivity contribution in [1.29, 1.82) is 0 Å². The van der Waals surface area contributed by atoms with Gasteiger partial charge in [-0.15, -0.1) is 0 Å². The van der Waals surface area contributed by atoms with E-state index in [1.807, 2.05) is 7.05 Å². The number of halogens is 2. The van der Waals surface area contributed by atoms with Gasteiger partial charge in [0.15, 0.2) is 0 Å². The van der Waals surface area contributed by atoms with Gasteiger partial charge in [-0.1, -0.05) is 23.2 Å². The molecule has 1 aliphatic rings. The molecule has 0 bridgehead atoms. The molecular weight excluding hydrogens is 321 g/mol. The topological polar surface area (TPSA) is 44.4 Å². The number of carbonyl (C=O) groups excluding carboxylic acids is 1. The molecular formula is C16H23Cl2N3O. The largest absolute Gasteiger partial charge is 0.352 e. The maximum atomic E-state index is 12.2. The first-order valence-electron chi connectivity index (χ1n) is 7.69. The summed E-state index contributed by atoms with van der Waals surface area (Å²) in [7, 11) is 1.98. The number of likely N-dealkylation sites (tertiary alicyclic amines) is 1. The van der Waals surface area contributed by atoms with Crippen molar-refractivity contribution in [3.63, 3.8) is 0 Å². The van der Waals surface area contributed by atoms with E-state index >= 15 is 0 Å². The van der Waals surface area contributed by atoms with Crippen LogP contribution < -0.4 is 10.6 Å². The van der Waals surface area contributed by atoms with E-state index in [4.69, 9.17) is 23.2 Å². The molecule has 0 aromatic heterocycles. The molecule has 1 saturated heterocycles. The Labute approximate surface area is 142 Å². The van der Waals surface area contributed by atoms with Crippen molar-refractivity contribution >= 4 is 29.1 Å². The lowest BCUT2D eigenvalue weighted by atomic mass is 9.96. The maximum absolute atomic E-state index is 12.2. The smallest absolute Gasteiger partial charge is 0.251 e. The number of amides is 1. The lowest BCUT2D eigenvalue weighted by Crippen LogP contribution is -2.40. The lowest BCUT2D eigenvalue weighted by molar-refractivity contribution is 0.0936. The molecule has 22 heavy (non-hydrogen) atoms. The Morgan fingerprint density at radius 2 is 1.86 bits per heavy atom. The molecule has 0 aliphatic carbocycles. The van der Waals surface area contributed by atoms with Gasteiger partial charge < -0.3 is 15.5 Å². The van der Waals surface area contributed by atoms with Gasteiger partial charge in [0.05, 0.1) is 0 Å². The fraction of sp³-hybridized carbons (Fsp3) is 0.562. The van der Waals surface area contributed by atoms with E-state index in [1.54, 1.807) is 18.2 Å². The Bertz CT molecular complexity index is 482. The Hall–Kier alpha value is -0.810. The van der Waals surface area contributed by atoms with E-state index in [0.29, 0.717) is 28.1 Å². The van der Waals surface area contributed by atoms with Crippen LogP contribution in [-0.4, -0.2) is 50.6 Å². The third kappa shape index (κ3) is 5.43. The van der Waals surface area contributed by atoms with Crippen LogP contribution in [0.5, 0.6) is 0 Å². The molecule has 1 amide bonds. The number of carbonyl (C=O) groups is 1. The molecule has 0 saturated carbocycles. The van der Waals surface area contributed by atoms with Gasteiger partial charge in [-0.05, 0) is 57.1 Å². The molecule has 1 aromatic carbocycles. The molecule has 6 heteroatoms. The second kappa shape index (κ2) is 8.73. The Kier molecular flexibility index (Phi) is 6.96. The van der Waals surface area contributed by atoms with Crippen LogP contribution in [0.15, 0.2) is 18.2 Å². The minimum Gasteiger partial charge on any atom is -0.352 e. The van der Waals surface area contributed by atoms with Gasteiger partial charge in [0.2, 0.25) is 0 Å². The van der Waals surface area contributed by atoms with Gasteiger partial charge in [0.1, 0.15) is 0 Å². The van der Waals surface area contributed by atoms with Gasteiger partial charge in [0, 0.05) is 35.2 Å². The van der Waals surface area contributed by atoms with Crippen LogP contribution >= 0.6 is 23.2 Å². The van der Waals surface area contributed by atoms with Crippen LogP contribution in [0, 0.1) is 5.92 Å².